The van der Waals surface area contributed by atoms with Gasteiger partial charge in [0.2, 0.25) is 32.4 Å². The third kappa shape index (κ3) is 10.0. The fraction of sp³-hybridized carbons (Fsp3) is 0.286. The molecule has 4 amide bonds. The Kier molecular flexibility index (Phi) is 10.8. The Hall–Kier alpha value is -3.26. The Morgan fingerprint density at radius 1 is 0.714 bits per heavy atom. The van der Waals surface area contributed by atoms with Crippen molar-refractivity contribution >= 4 is 55.0 Å². The maximum atomic E-state index is 12.0. The normalized spacial score (nSPS) is 12.8. The molecule has 12 nitrogen and oxygen atoms in total. The standard InChI is InChI=1S/C14H18N4O8S2/c1-4-9(17-11(19)6-27(23)24)13(21)15-8(3)16-14(22)10(5-2)18-12(20)7-28(25)26/h4-10H,1-2H2,3H3,(H,15,21)(H,16,22)(H,17,19)(H,18,20). The number of carbonyl (C=O) groups is 4. The first kappa shape index (κ1) is 24.7. The molecule has 0 aliphatic rings. The van der Waals surface area contributed by atoms with Crippen LogP contribution in [0.4, 0.5) is 0 Å². The zero-order chi connectivity index (χ0) is 21.9. The number of nitrogens with one attached hydrogen (secondary N) is 4. The fourth-order valence-electron chi connectivity index (χ4n) is 1.65. The summed E-state index contributed by atoms with van der Waals surface area (Å²) >= 11 is 0. The molecule has 0 aliphatic carbocycles. The summed E-state index contributed by atoms with van der Waals surface area (Å²) in [6.45, 7) is 8.03. The molecule has 14 heteroatoms. The maximum absolute atomic E-state index is 12.0. The molecule has 0 aromatic carbocycles. The molecule has 2 unspecified atom stereocenters. The lowest BCUT2D eigenvalue weighted by atomic mass is 10.2. The highest BCUT2D eigenvalue weighted by atomic mass is 32.2. The van der Waals surface area contributed by atoms with Gasteiger partial charge in [-0.05, 0) is 6.92 Å². The lowest BCUT2D eigenvalue weighted by Crippen LogP contribution is -2.56. The average molecular weight is 434 g/mol. The van der Waals surface area contributed by atoms with Gasteiger partial charge >= 0.3 is 0 Å². The van der Waals surface area contributed by atoms with Gasteiger partial charge in [0.05, 0.1) is 6.17 Å². The predicted octanol–water partition coefficient (Wildman–Crippen LogP) is -3.73. The minimum Gasteiger partial charge on any atom is -0.337 e. The van der Waals surface area contributed by atoms with Crippen molar-refractivity contribution < 1.29 is 36.0 Å². The number of rotatable bonds is 10. The first-order valence-electron chi connectivity index (χ1n) is 7.32. The van der Waals surface area contributed by atoms with E-state index in [2.05, 4.69) is 34.4 Å². The molecular weight excluding hydrogens is 416 g/mol. The van der Waals surface area contributed by atoms with E-state index in [1.165, 1.54) is 6.92 Å². The van der Waals surface area contributed by atoms with E-state index in [-0.39, 0.29) is 0 Å². The van der Waals surface area contributed by atoms with Crippen LogP contribution in [0.5, 0.6) is 0 Å². The van der Waals surface area contributed by atoms with Gasteiger partial charge in [-0.15, -0.1) is 13.2 Å². The molecule has 0 saturated heterocycles. The highest BCUT2D eigenvalue weighted by molar-refractivity contribution is 7.73. The minimum atomic E-state index is -2.76. The van der Waals surface area contributed by atoms with Gasteiger partial charge in [-0.3, -0.25) is 19.2 Å². The summed E-state index contributed by atoms with van der Waals surface area (Å²) in [6, 6.07) is -2.58. The molecule has 0 aromatic rings. The van der Waals surface area contributed by atoms with Crippen molar-refractivity contribution in [1.82, 2.24) is 21.3 Å². The van der Waals surface area contributed by atoms with Crippen molar-refractivity contribution in [3.05, 3.63) is 25.3 Å². The number of hydrogen-bond acceptors (Lipinski definition) is 8. The monoisotopic (exact) mass is 434 g/mol. The Morgan fingerprint density at radius 2 is 1.04 bits per heavy atom. The van der Waals surface area contributed by atoms with Crippen LogP contribution in [0.15, 0.2) is 25.3 Å². The second kappa shape index (κ2) is 12.2. The van der Waals surface area contributed by atoms with Gasteiger partial charge < -0.3 is 21.3 Å². The van der Waals surface area contributed by atoms with Crippen LogP contribution < -0.4 is 21.3 Å². The SMILES string of the molecule is C=CC(NC(=O)C=S(=O)=O)C(=O)NC(C)NC(=O)C(C=C)NC(=O)C=S(=O)=O. The molecular formula is C14H18N4O8S2. The van der Waals surface area contributed by atoms with Crippen LogP contribution in [0.2, 0.25) is 0 Å². The van der Waals surface area contributed by atoms with Crippen LogP contribution in [0.1, 0.15) is 6.92 Å². The summed E-state index contributed by atoms with van der Waals surface area (Å²) in [6.07, 6.45) is 1.08. The van der Waals surface area contributed by atoms with Crippen molar-refractivity contribution in [3.63, 3.8) is 0 Å². The fourth-order valence-corrected chi connectivity index (χ4v) is 2.14. The summed E-state index contributed by atoms with van der Waals surface area (Å²) in [5.41, 5.74) is 0. The predicted molar refractivity (Wildman–Crippen MR) is 100.0 cm³/mol. The average Bonchev–Trinajstić information content (AvgIpc) is 2.55. The van der Waals surface area contributed by atoms with Crippen molar-refractivity contribution in [2.45, 2.75) is 25.2 Å². The molecule has 0 spiro atoms. The molecule has 0 heterocycles. The topological polar surface area (TPSA) is 185 Å². The van der Waals surface area contributed by atoms with Crippen LogP contribution >= 0.6 is 0 Å². The van der Waals surface area contributed by atoms with E-state index >= 15 is 0 Å². The van der Waals surface area contributed by atoms with Crippen molar-refractivity contribution in [2.75, 3.05) is 0 Å². The van der Waals surface area contributed by atoms with Gasteiger partial charge in [0.15, 0.2) is 0 Å². The Bertz CT molecular complexity index is 844. The molecule has 2 atom stereocenters. The molecule has 4 N–H and O–H groups in total. The van der Waals surface area contributed by atoms with Crippen LogP contribution in [0, 0.1) is 0 Å². The van der Waals surface area contributed by atoms with Gasteiger partial charge in [0, 0.05) is 0 Å². The van der Waals surface area contributed by atoms with Crippen LogP contribution in [0.3, 0.4) is 0 Å². The molecule has 28 heavy (non-hydrogen) atoms. The molecule has 0 saturated carbocycles. The third-order valence-corrected chi connectivity index (χ3v) is 3.57. The summed E-state index contributed by atoms with van der Waals surface area (Å²) in [4.78, 5) is 46.8. The second-order valence-corrected chi connectivity index (χ2v) is 6.45. The van der Waals surface area contributed by atoms with Crippen molar-refractivity contribution in [1.29, 1.82) is 0 Å². The molecule has 0 rings (SSSR count). The quantitative estimate of drug-likeness (QED) is 0.153. The van der Waals surface area contributed by atoms with E-state index in [0.29, 0.717) is 10.7 Å². The highest BCUT2D eigenvalue weighted by Gasteiger charge is 2.22. The van der Waals surface area contributed by atoms with E-state index in [1.807, 2.05) is 0 Å². The van der Waals surface area contributed by atoms with Crippen molar-refractivity contribution in [2.24, 2.45) is 0 Å². The largest absolute Gasteiger partial charge is 0.337 e. The molecule has 0 radical (unpaired) electrons. The van der Waals surface area contributed by atoms with Crippen LogP contribution in [0.25, 0.3) is 0 Å². The van der Waals surface area contributed by atoms with E-state index < -0.39 is 62.5 Å². The molecule has 0 bridgehead atoms. The van der Waals surface area contributed by atoms with E-state index in [0.717, 1.165) is 12.2 Å². The smallest absolute Gasteiger partial charge is 0.260 e. The van der Waals surface area contributed by atoms with Crippen LogP contribution in [-0.2, 0) is 39.8 Å². The zero-order valence-electron chi connectivity index (χ0n) is 14.5. The highest BCUT2D eigenvalue weighted by Crippen LogP contribution is 1.91. The van der Waals surface area contributed by atoms with Gasteiger partial charge in [-0.1, -0.05) is 12.2 Å². The molecule has 0 fully saturated rings. The van der Waals surface area contributed by atoms with Gasteiger partial charge in [0.25, 0.3) is 11.8 Å². The van der Waals surface area contributed by atoms with E-state index in [4.69, 9.17) is 0 Å². The number of carbonyl (C=O) groups excluding carboxylic acids is 4. The second-order valence-electron chi connectivity index (χ2n) is 4.94. The molecule has 0 aromatic heterocycles. The van der Waals surface area contributed by atoms with E-state index in [1.54, 1.807) is 0 Å². The van der Waals surface area contributed by atoms with Gasteiger partial charge in [-0.2, -0.15) is 16.8 Å². The lowest BCUT2D eigenvalue weighted by molar-refractivity contribution is -0.128. The Balaban J connectivity index is 4.89. The summed E-state index contributed by atoms with van der Waals surface area (Å²) in [7, 11) is -5.51. The zero-order valence-corrected chi connectivity index (χ0v) is 16.2. The maximum Gasteiger partial charge on any atom is 0.260 e. The Morgan fingerprint density at radius 3 is 1.29 bits per heavy atom. The molecule has 154 valence electrons. The van der Waals surface area contributed by atoms with E-state index in [9.17, 15) is 36.0 Å². The van der Waals surface area contributed by atoms with Crippen molar-refractivity contribution in [3.8, 4) is 0 Å². The van der Waals surface area contributed by atoms with Crippen LogP contribution in [-0.4, -0.2) is 69.4 Å². The summed E-state index contributed by atoms with van der Waals surface area (Å²) < 4.78 is 41.6. The summed E-state index contributed by atoms with van der Waals surface area (Å²) in [5, 5.41) is 9.39. The lowest BCUT2D eigenvalue weighted by Gasteiger charge is -2.21. The number of amides is 4. The number of hydrogen-bond donors (Lipinski definition) is 4. The Labute approximate surface area is 163 Å². The first-order chi connectivity index (χ1) is 13.0. The third-order valence-electron chi connectivity index (χ3n) is 2.76. The van der Waals surface area contributed by atoms with Gasteiger partial charge in [0.1, 0.15) is 22.8 Å². The molecule has 0 aliphatic heterocycles. The minimum absolute atomic E-state index is 0.318. The van der Waals surface area contributed by atoms with Gasteiger partial charge in [-0.25, -0.2) is 0 Å². The summed E-state index contributed by atoms with van der Waals surface area (Å²) in [5.74, 6) is -3.72. The first-order valence-corrected chi connectivity index (χ1v) is 9.60.